The van der Waals surface area contributed by atoms with Crippen LogP contribution in [-0.2, 0) is 0 Å². The first kappa shape index (κ1) is 11.7. The third kappa shape index (κ3) is 2.33. The van der Waals surface area contributed by atoms with E-state index < -0.39 is 5.82 Å². The molecule has 1 heterocycles. The summed E-state index contributed by atoms with van der Waals surface area (Å²) in [6.07, 6.45) is 3.38. The average molecular weight is 237 g/mol. The van der Waals surface area contributed by atoms with Crippen LogP contribution in [0.3, 0.4) is 0 Å². The van der Waals surface area contributed by atoms with Crippen molar-refractivity contribution in [3.63, 3.8) is 0 Å². The third-order valence-electron chi connectivity index (χ3n) is 3.05. The number of benzene rings is 1. The first-order valence-electron chi connectivity index (χ1n) is 5.75. The highest BCUT2D eigenvalue weighted by Crippen LogP contribution is 2.26. The fourth-order valence-electron chi connectivity index (χ4n) is 2.21. The second-order valence-electron chi connectivity index (χ2n) is 4.17. The Labute approximate surface area is 99.5 Å². The van der Waals surface area contributed by atoms with Gasteiger partial charge in [-0.2, -0.15) is 0 Å². The molecule has 0 bridgehead atoms. The summed E-state index contributed by atoms with van der Waals surface area (Å²) in [5.74, 6) is -0.632. The number of amidine groups is 1. The summed E-state index contributed by atoms with van der Waals surface area (Å²) in [4.78, 5) is 2.08. The van der Waals surface area contributed by atoms with Gasteiger partial charge in [0.05, 0.1) is 11.3 Å². The summed E-state index contributed by atoms with van der Waals surface area (Å²) in [5, 5.41) is 11.6. The molecule has 0 aromatic heterocycles. The quantitative estimate of drug-likeness (QED) is 0.357. The van der Waals surface area contributed by atoms with Crippen molar-refractivity contribution >= 4 is 11.5 Å². The van der Waals surface area contributed by atoms with Crippen molar-refractivity contribution in [2.75, 3.05) is 18.0 Å². The van der Waals surface area contributed by atoms with E-state index in [2.05, 4.69) is 10.1 Å². The number of hydrogen-bond acceptors (Lipinski definition) is 3. The number of hydrogen-bond donors (Lipinski definition) is 2. The predicted octanol–water partition coefficient (Wildman–Crippen LogP) is 1.91. The van der Waals surface area contributed by atoms with E-state index in [1.165, 1.54) is 12.5 Å². The van der Waals surface area contributed by atoms with Gasteiger partial charge in [0.25, 0.3) is 0 Å². The molecular formula is C12H16FN3O. The highest BCUT2D eigenvalue weighted by Gasteiger charge is 2.19. The lowest BCUT2D eigenvalue weighted by Crippen LogP contribution is -2.32. The normalized spacial score (nSPS) is 17.2. The standard InChI is InChI=1S/C12H16FN3O/c13-9-5-4-6-10(11(9)12(14)15-17)16-7-2-1-3-8-16/h4-6,17H,1-3,7-8H2,(H2,14,15). The molecule has 0 saturated carbocycles. The molecule has 3 N–H and O–H groups in total. The maximum atomic E-state index is 13.7. The predicted molar refractivity (Wildman–Crippen MR) is 65.0 cm³/mol. The van der Waals surface area contributed by atoms with E-state index >= 15 is 0 Å². The Balaban J connectivity index is 2.41. The zero-order valence-corrected chi connectivity index (χ0v) is 9.56. The van der Waals surface area contributed by atoms with Crippen molar-refractivity contribution in [3.8, 4) is 0 Å². The lowest BCUT2D eigenvalue weighted by Gasteiger charge is -2.30. The Bertz CT molecular complexity index is 428. The lowest BCUT2D eigenvalue weighted by molar-refractivity contribution is 0.318. The van der Waals surface area contributed by atoms with E-state index in [1.54, 1.807) is 6.07 Å². The second-order valence-corrected chi connectivity index (χ2v) is 4.17. The molecule has 1 aromatic rings. The summed E-state index contributed by atoms with van der Waals surface area (Å²) < 4.78 is 13.7. The van der Waals surface area contributed by atoms with Gasteiger partial charge in [0.15, 0.2) is 5.84 Å². The number of rotatable bonds is 2. The smallest absolute Gasteiger partial charge is 0.175 e. The fourth-order valence-corrected chi connectivity index (χ4v) is 2.21. The van der Waals surface area contributed by atoms with Crippen molar-refractivity contribution in [2.24, 2.45) is 10.9 Å². The minimum atomic E-state index is -0.455. The van der Waals surface area contributed by atoms with Crippen LogP contribution >= 0.6 is 0 Å². The Morgan fingerprint density at radius 3 is 2.65 bits per heavy atom. The molecule has 0 unspecified atom stereocenters. The maximum Gasteiger partial charge on any atom is 0.175 e. The Morgan fingerprint density at radius 1 is 1.29 bits per heavy atom. The molecule has 0 radical (unpaired) electrons. The van der Waals surface area contributed by atoms with Crippen LogP contribution in [0.25, 0.3) is 0 Å². The molecule has 1 aliphatic rings. The number of nitrogens with two attached hydrogens (primary N) is 1. The maximum absolute atomic E-state index is 13.7. The lowest BCUT2D eigenvalue weighted by atomic mass is 10.1. The molecule has 0 aliphatic carbocycles. The third-order valence-corrected chi connectivity index (χ3v) is 3.05. The van der Waals surface area contributed by atoms with E-state index in [0.717, 1.165) is 25.9 Å². The molecule has 17 heavy (non-hydrogen) atoms. The molecular weight excluding hydrogens is 221 g/mol. The Kier molecular flexibility index (Phi) is 3.46. The van der Waals surface area contributed by atoms with E-state index in [1.807, 2.05) is 6.07 Å². The van der Waals surface area contributed by atoms with E-state index in [9.17, 15) is 4.39 Å². The van der Waals surface area contributed by atoms with Gasteiger partial charge in [-0.05, 0) is 31.4 Å². The highest BCUT2D eigenvalue weighted by atomic mass is 19.1. The number of nitrogens with zero attached hydrogens (tertiary/aromatic N) is 2. The van der Waals surface area contributed by atoms with E-state index in [-0.39, 0.29) is 11.4 Å². The van der Waals surface area contributed by atoms with E-state index in [4.69, 9.17) is 10.9 Å². The van der Waals surface area contributed by atoms with Crippen molar-refractivity contribution in [2.45, 2.75) is 19.3 Å². The topological polar surface area (TPSA) is 61.9 Å². The summed E-state index contributed by atoms with van der Waals surface area (Å²) in [6, 6.07) is 4.77. The summed E-state index contributed by atoms with van der Waals surface area (Å²) in [5.41, 5.74) is 6.44. The van der Waals surface area contributed by atoms with Crippen LogP contribution in [0, 0.1) is 5.82 Å². The van der Waals surface area contributed by atoms with Gasteiger partial charge in [0.2, 0.25) is 0 Å². The first-order valence-corrected chi connectivity index (χ1v) is 5.75. The first-order chi connectivity index (χ1) is 8.24. The van der Waals surface area contributed by atoms with Gasteiger partial charge in [-0.25, -0.2) is 4.39 Å². The van der Waals surface area contributed by atoms with Crippen molar-refractivity contribution in [3.05, 3.63) is 29.6 Å². The van der Waals surface area contributed by atoms with Gasteiger partial charge in [0.1, 0.15) is 5.82 Å². The van der Waals surface area contributed by atoms with Gasteiger partial charge in [-0.3, -0.25) is 0 Å². The summed E-state index contributed by atoms with van der Waals surface area (Å²) in [6.45, 7) is 1.77. The molecule has 5 heteroatoms. The van der Waals surface area contributed by atoms with Crippen molar-refractivity contribution in [1.82, 2.24) is 0 Å². The largest absolute Gasteiger partial charge is 0.409 e. The number of oxime groups is 1. The SMILES string of the molecule is NC(=NO)c1c(F)cccc1N1CCCCC1. The summed E-state index contributed by atoms with van der Waals surface area (Å²) >= 11 is 0. The zero-order chi connectivity index (χ0) is 12.3. The van der Waals surface area contributed by atoms with Crippen molar-refractivity contribution < 1.29 is 9.60 Å². The molecule has 1 aromatic carbocycles. The van der Waals surface area contributed by atoms with Crippen molar-refractivity contribution in [1.29, 1.82) is 0 Å². The minimum absolute atomic E-state index is 0.177. The van der Waals surface area contributed by atoms with Gasteiger partial charge >= 0.3 is 0 Å². The Hall–Kier alpha value is -1.78. The molecule has 0 amide bonds. The van der Waals surface area contributed by atoms with Gasteiger partial charge in [-0.1, -0.05) is 11.2 Å². The zero-order valence-electron chi connectivity index (χ0n) is 9.56. The van der Waals surface area contributed by atoms with Crippen LogP contribution < -0.4 is 10.6 Å². The summed E-state index contributed by atoms with van der Waals surface area (Å²) in [7, 11) is 0. The molecule has 4 nitrogen and oxygen atoms in total. The monoisotopic (exact) mass is 237 g/mol. The van der Waals surface area contributed by atoms with Crippen LogP contribution in [0.2, 0.25) is 0 Å². The Morgan fingerprint density at radius 2 is 2.00 bits per heavy atom. The number of anilines is 1. The second kappa shape index (κ2) is 5.03. The van der Waals surface area contributed by atoms with Crippen LogP contribution in [0.1, 0.15) is 24.8 Å². The minimum Gasteiger partial charge on any atom is -0.409 e. The van der Waals surface area contributed by atoms with Gasteiger partial charge in [0, 0.05) is 13.1 Å². The highest BCUT2D eigenvalue weighted by molar-refractivity contribution is 6.02. The van der Waals surface area contributed by atoms with Crippen LogP contribution in [-0.4, -0.2) is 24.1 Å². The average Bonchev–Trinajstić information content (AvgIpc) is 2.38. The van der Waals surface area contributed by atoms with Gasteiger partial charge in [-0.15, -0.1) is 0 Å². The number of piperidine rings is 1. The fraction of sp³-hybridized carbons (Fsp3) is 0.417. The molecule has 92 valence electrons. The van der Waals surface area contributed by atoms with E-state index in [0.29, 0.717) is 5.69 Å². The molecule has 1 aliphatic heterocycles. The molecule has 1 fully saturated rings. The van der Waals surface area contributed by atoms with Crippen LogP contribution in [0.15, 0.2) is 23.4 Å². The van der Waals surface area contributed by atoms with Gasteiger partial charge < -0.3 is 15.8 Å². The van der Waals surface area contributed by atoms with Crippen LogP contribution in [0.5, 0.6) is 0 Å². The molecule has 0 spiro atoms. The molecule has 0 atom stereocenters. The molecule has 2 rings (SSSR count). The number of halogens is 1. The van der Waals surface area contributed by atoms with Crippen LogP contribution in [0.4, 0.5) is 10.1 Å². The molecule has 1 saturated heterocycles.